The summed E-state index contributed by atoms with van der Waals surface area (Å²) in [5, 5.41) is 9.06. The number of hydrogen-bond donors (Lipinski definition) is 2. The van der Waals surface area contributed by atoms with Crippen molar-refractivity contribution >= 4 is 39.6 Å². The van der Waals surface area contributed by atoms with Crippen LogP contribution in [0.15, 0.2) is 41.1 Å². The Morgan fingerprint density at radius 3 is 2.74 bits per heavy atom. The maximum atomic E-state index is 13.8. The van der Waals surface area contributed by atoms with E-state index in [1.54, 1.807) is 0 Å². The predicted molar refractivity (Wildman–Crippen MR) is 102 cm³/mol. The monoisotopic (exact) mass is 407 g/mol. The van der Waals surface area contributed by atoms with Crippen LogP contribution in [0.25, 0.3) is 11.3 Å². The molecule has 0 fully saturated rings. The molecule has 0 aliphatic carbocycles. The molecule has 2 N–H and O–H groups in total. The number of thiazole rings is 1. The van der Waals surface area contributed by atoms with Crippen molar-refractivity contribution in [3.05, 3.63) is 57.6 Å². The van der Waals surface area contributed by atoms with Crippen molar-refractivity contribution in [1.82, 2.24) is 10.3 Å². The summed E-state index contributed by atoms with van der Waals surface area (Å²) in [5.74, 6) is -1.75. The van der Waals surface area contributed by atoms with Crippen LogP contribution in [0.5, 0.6) is 0 Å². The highest BCUT2D eigenvalue weighted by molar-refractivity contribution is 7.14. The SMILES string of the molecule is CC(=O)N[C@H](CC(=O)Nc1nc(-c2cc(F)ccc2F)cs1)c1cccs1. The van der Waals surface area contributed by atoms with Gasteiger partial charge in [0, 0.05) is 22.7 Å². The molecule has 1 aromatic carbocycles. The smallest absolute Gasteiger partial charge is 0.228 e. The molecule has 27 heavy (non-hydrogen) atoms. The molecule has 1 atom stereocenters. The van der Waals surface area contributed by atoms with E-state index < -0.39 is 17.7 Å². The molecule has 0 aliphatic rings. The third kappa shape index (κ3) is 4.95. The van der Waals surface area contributed by atoms with Crippen LogP contribution >= 0.6 is 22.7 Å². The van der Waals surface area contributed by atoms with E-state index in [0.29, 0.717) is 0 Å². The van der Waals surface area contributed by atoms with Gasteiger partial charge in [0.25, 0.3) is 0 Å². The lowest BCUT2D eigenvalue weighted by Gasteiger charge is -2.15. The lowest BCUT2D eigenvalue weighted by atomic mass is 10.1. The van der Waals surface area contributed by atoms with Gasteiger partial charge in [-0.25, -0.2) is 13.8 Å². The number of benzene rings is 1. The number of anilines is 1. The molecule has 0 unspecified atom stereocenters. The summed E-state index contributed by atoms with van der Waals surface area (Å²) < 4.78 is 27.2. The van der Waals surface area contributed by atoms with E-state index in [2.05, 4.69) is 15.6 Å². The standard InChI is InChI=1S/C18H15F2N3O2S2/c1-10(24)21-14(16-3-2-6-26-16)8-17(25)23-18-22-15(9-27-18)12-7-11(19)4-5-13(12)20/h2-7,9,14H,8H2,1H3,(H,21,24)(H,22,23,25)/t14-/m1/s1. The number of halogens is 2. The van der Waals surface area contributed by atoms with Crippen LogP contribution in [0.1, 0.15) is 24.3 Å². The van der Waals surface area contributed by atoms with Gasteiger partial charge in [-0.15, -0.1) is 22.7 Å². The fourth-order valence-electron chi connectivity index (χ4n) is 2.46. The highest BCUT2D eigenvalue weighted by Crippen LogP contribution is 2.28. The number of nitrogens with one attached hydrogen (secondary N) is 2. The molecule has 9 heteroatoms. The minimum absolute atomic E-state index is 0.0291. The Hall–Kier alpha value is -2.65. The third-order valence-corrected chi connectivity index (χ3v) is 5.35. The molecule has 3 rings (SSSR count). The number of thiophene rings is 1. The third-order valence-electron chi connectivity index (χ3n) is 3.61. The van der Waals surface area contributed by atoms with Gasteiger partial charge in [-0.1, -0.05) is 6.07 Å². The molecule has 0 bridgehead atoms. The molecule has 140 valence electrons. The van der Waals surface area contributed by atoms with Crippen molar-refractivity contribution in [3.63, 3.8) is 0 Å². The van der Waals surface area contributed by atoms with Crippen molar-refractivity contribution < 1.29 is 18.4 Å². The van der Waals surface area contributed by atoms with E-state index in [9.17, 15) is 18.4 Å². The Morgan fingerprint density at radius 2 is 2.04 bits per heavy atom. The zero-order chi connectivity index (χ0) is 19.4. The van der Waals surface area contributed by atoms with E-state index in [0.717, 1.165) is 34.4 Å². The van der Waals surface area contributed by atoms with E-state index in [-0.39, 0.29) is 34.6 Å². The molecule has 5 nitrogen and oxygen atoms in total. The first-order chi connectivity index (χ1) is 12.9. The highest BCUT2D eigenvalue weighted by atomic mass is 32.1. The summed E-state index contributed by atoms with van der Waals surface area (Å²) in [4.78, 5) is 28.7. The first-order valence-electron chi connectivity index (χ1n) is 7.93. The fourth-order valence-corrected chi connectivity index (χ4v) is 3.97. The molecule has 0 radical (unpaired) electrons. The largest absolute Gasteiger partial charge is 0.348 e. The molecule has 2 amide bonds. The number of amides is 2. The minimum atomic E-state index is -0.594. The Balaban J connectivity index is 1.70. The van der Waals surface area contributed by atoms with Gasteiger partial charge < -0.3 is 10.6 Å². The van der Waals surface area contributed by atoms with Crippen LogP contribution in [0.2, 0.25) is 0 Å². The Bertz CT molecular complexity index is 957. The average Bonchev–Trinajstić information content (AvgIpc) is 3.28. The lowest BCUT2D eigenvalue weighted by molar-refractivity contribution is -0.120. The Morgan fingerprint density at radius 1 is 1.22 bits per heavy atom. The molecule has 2 heterocycles. The minimum Gasteiger partial charge on any atom is -0.348 e. The molecular formula is C18H15F2N3O2S2. The first kappa shape index (κ1) is 19.1. The van der Waals surface area contributed by atoms with E-state index in [1.807, 2.05) is 17.5 Å². The summed E-state index contributed by atoms with van der Waals surface area (Å²) in [6, 6.07) is 6.35. The van der Waals surface area contributed by atoms with Crippen LogP contribution < -0.4 is 10.6 Å². The Kier molecular flexibility index (Phi) is 5.92. The van der Waals surface area contributed by atoms with Gasteiger partial charge in [0.2, 0.25) is 11.8 Å². The first-order valence-corrected chi connectivity index (χ1v) is 9.69. The van der Waals surface area contributed by atoms with Crippen LogP contribution in [0, 0.1) is 11.6 Å². The van der Waals surface area contributed by atoms with Crippen LogP contribution in [-0.4, -0.2) is 16.8 Å². The van der Waals surface area contributed by atoms with Gasteiger partial charge in [-0.05, 0) is 29.6 Å². The van der Waals surface area contributed by atoms with E-state index >= 15 is 0 Å². The van der Waals surface area contributed by atoms with Gasteiger partial charge in [-0.2, -0.15) is 0 Å². The zero-order valence-corrected chi connectivity index (χ0v) is 15.8. The summed E-state index contributed by atoms with van der Waals surface area (Å²) in [7, 11) is 0. The quantitative estimate of drug-likeness (QED) is 0.638. The molecular weight excluding hydrogens is 392 g/mol. The molecule has 3 aromatic rings. The van der Waals surface area contributed by atoms with Crippen molar-refractivity contribution in [2.24, 2.45) is 0 Å². The second-order valence-corrected chi connectivity index (χ2v) is 7.52. The summed E-state index contributed by atoms with van der Waals surface area (Å²) in [6.07, 6.45) is 0.0311. The number of hydrogen-bond acceptors (Lipinski definition) is 5. The summed E-state index contributed by atoms with van der Waals surface area (Å²) in [5.41, 5.74) is 0.269. The van der Waals surface area contributed by atoms with Gasteiger partial charge in [0.05, 0.1) is 18.2 Å². The van der Waals surface area contributed by atoms with Crippen LogP contribution in [0.4, 0.5) is 13.9 Å². The topological polar surface area (TPSA) is 71.1 Å². The predicted octanol–water partition coefficient (Wildman–Crippen LogP) is 4.36. The summed E-state index contributed by atoms with van der Waals surface area (Å²) >= 11 is 2.55. The van der Waals surface area contributed by atoms with Crippen molar-refractivity contribution in [2.45, 2.75) is 19.4 Å². The number of aromatic nitrogens is 1. The highest BCUT2D eigenvalue weighted by Gasteiger charge is 2.19. The van der Waals surface area contributed by atoms with Crippen molar-refractivity contribution in [2.75, 3.05) is 5.32 Å². The second kappa shape index (κ2) is 8.36. The maximum Gasteiger partial charge on any atom is 0.228 e. The van der Waals surface area contributed by atoms with Crippen LogP contribution in [0.3, 0.4) is 0 Å². The Labute approximate surface area is 162 Å². The van der Waals surface area contributed by atoms with Gasteiger partial charge in [0.15, 0.2) is 5.13 Å². The van der Waals surface area contributed by atoms with Gasteiger partial charge >= 0.3 is 0 Å². The molecule has 0 saturated heterocycles. The molecule has 0 spiro atoms. The van der Waals surface area contributed by atoms with Gasteiger partial charge in [-0.3, -0.25) is 9.59 Å². The zero-order valence-electron chi connectivity index (χ0n) is 14.2. The summed E-state index contributed by atoms with van der Waals surface area (Å²) in [6.45, 7) is 1.39. The lowest BCUT2D eigenvalue weighted by Crippen LogP contribution is -2.29. The van der Waals surface area contributed by atoms with Crippen molar-refractivity contribution in [3.8, 4) is 11.3 Å². The fraction of sp³-hybridized carbons (Fsp3) is 0.167. The number of carbonyl (C=O) groups is 2. The molecule has 0 aliphatic heterocycles. The maximum absolute atomic E-state index is 13.8. The van der Waals surface area contributed by atoms with Gasteiger partial charge in [0.1, 0.15) is 11.6 Å². The number of rotatable bonds is 6. The van der Waals surface area contributed by atoms with Crippen molar-refractivity contribution in [1.29, 1.82) is 0 Å². The van der Waals surface area contributed by atoms with E-state index in [4.69, 9.17) is 0 Å². The number of carbonyl (C=O) groups excluding carboxylic acids is 2. The normalized spacial score (nSPS) is 11.8. The van der Waals surface area contributed by atoms with Crippen LogP contribution in [-0.2, 0) is 9.59 Å². The van der Waals surface area contributed by atoms with E-state index in [1.165, 1.54) is 23.6 Å². The second-order valence-electron chi connectivity index (χ2n) is 5.68. The molecule has 0 saturated carbocycles. The number of nitrogens with zero attached hydrogens (tertiary/aromatic N) is 1. The molecule has 2 aromatic heterocycles. The average molecular weight is 407 g/mol.